The van der Waals surface area contributed by atoms with E-state index in [1.807, 2.05) is 6.92 Å². The van der Waals surface area contributed by atoms with Gasteiger partial charge in [-0.05, 0) is 11.5 Å². The molecule has 0 aliphatic carbocycles. The number of nitrogens with two attached hydrogens (primary N) is 2. The molecule has 1 rings (SSSR count). The number of hydrogen-bond donors (Lipinski definition) is 6. The van der Waals surface area contributed by atoms with Crippen molar-refractivity contribution in [2.24, 2.45) is 17.4 Å². The molecule has 0 aromatic heterocycles. The summed E-state index contributed by atoms with van der Waals surface area (Å²) >= 11 is 0. The van der Waals surface area contributed by atoms with Gasteiger partial charge in [0.05, 0.1) is 19.0 Å². The molecule has 176 valence electrons. The molecule has 4 amide bonds. The first kappa shape index (κ1) is 26.6. The summed E-state index contributed by atoms with van der Waals surface area (Å²) in [6.45, 7) is 3.07. The van der Waals surface area contributed by atoms with Crippen molar-refractivity contribution in [3.05, 3.63) is 35.9 Å². The van der Waals surface area contributed by atoms with Crippen molar-refractivity contribution >= 4 is 29.6 Å². The van der Waals surface area contributed by atoms with E-state index in [4.69, 9.17) is 11.5 Å². The van der Waals surface area contributed by atoms with Crippen LogP contribution in [-0.2, 0) is 30.4 Å². The average molecular weight is 450 g/mol. The number of primary amides is 1. The molecule has 11 heteroatoms. The van der Waals surface area contributed by atoms with Gasteiger partial charge in [0.15, 0.2) is 0 Å². The minimum atomic E-state index is -1.32. The highest BCUT2D eigenvalue weighted by Gasteiger charge is 2.28. The molecule has 8 N–H and O–H groups in total. The van der Waals surface area contributed by atoms with Crippen molar-refractivity contribution in [1.29, 1.82) is 0 Å². The Balaban J connectivity index is 2.69. The fourth-order valence-electron chi connectivity index (χ4n) is 2.78. The Morgan fingerprint density at radius 1 is 1.00 bits per heavy atom. The van der Waals surface area contributed by atoms with E-state index < -0.39 is 60.7 Å². The quantitative estimate of drug-likeness (QED) is 0.214. The van der Waals surface area contributed by atoms with E-state index in [0.29, 0.717) is 12.0 Å². The molecule has 32 heavy (non-hydrogen) atoms. The molecule has 0 fully saturated rings. The van der Waals surface area contributed by atoms with Gasteiger partial charge in [-0.25, -0.2) is 4.79 Å². The van der Waals surface area contributed by atoms with Gasteiger partial charge in [-0.2, -0.15) is 0 Å². The van der Waals surface area contributed by atoms with E-state index in [1.54, 1.807) is 37.3 Å². The van der Waals surface area contributed by atoms with Gasteiger partial charge in [-0.15, -0.1) is 0 Å². The van der Waals surface area contributed by atoms with Gasteiger partial charge in [-0.1, -0.05) is 50.6 Å². The maximum Gasteiger partial charge on any atom is 0.326 e. The van der Waals surface area contributed by atoms with E-state index in [9.17, 15) is 29.1 Å². The smallest absolute Gasteiger partial charge is 0.326 e. The second kappa shape index (κ2) is 13.1. The third-order valence-corrected chi connectivity index (χ3v) is 4.94. The maximum atomic E-state index is 12.4. The van der Waals surface area contributed by atoms with Gasteiger partial charge in [0, 0.05) is 6.42 Å². The zero-order valence-corrected chi connectivity index (χ0v) is 18.2. The van der Waals surface area contributed by atoms with Crippen LogP contribution in [0.15, 0.2) is 30.3 Å². The van der Waals surface area contributed by atoms with Crippen LogP contribution in [0.2, 0.25) is 0 Å². The first-order valence-corrected chi connectivity index (χ1v) is 10.2. The molecule has 0 saturated heterocycles. The molecule has 4 atom stereocenters. The predicted molar refractivity (Wildman–Crippen MR) is 116 cm³/mol. The van der Waals surface area contributed by atoms with Crippen molar-refractivity contribution < 1.29 is 29.1 Å². The first-order chi connectivity index (χ1) is 15.0. The fraction of sp³-hybridized carbons (Fsp3) is 0.476. The molecule has 0 saturated carbocycles. The summed E-state index contributed by atoms with van der Waals surface area (Å²) < 4.78 is 0. The molecule has 0 aliphatic heterocycles. The molecule has 0 radical (unpaired) electrons. The largest absolute Gasteiger partial charge is 0.480 e. The summed E-state index contributed by atoms with van der Waals surface area (Å²) in [5.74, 6) is -4.41. The van der Waals surface area contributed by atoms with Gasteiger partial charge >= 0.3 is 5.97 Å². The molecule has 11 nitrogen and oxygen atoms in total. The predicted octanol–water partition coefficient (Wildman–Crippen LogP) is -1.35. The SMILES string of the molecule is CCC(C)C(N)C(=O)NC(CC(N)=O)C(=O)NCC(=O)NC(Cc1ccccc1)C(=O)O. The molecule has 0 aliphatic rings. The molecular formula is C21H31N5O6. The lowest BCUT2D eigenvalue weighted by molar-refractivity contribution is -0.141. The number of hydrogen-bond acceptors (Lipinski definition) is 6. The third kappa shape index (κ3) is 9.13. The van der Waals surface area contributed by atoms with Crippen LogP contribution in [0.3, 0.4) is 0 Å². The van der Waals surface area contributed by atoms with Crippen molar-refractivity contribution in [3.63, 3.8) is 0 Å². The molecule has 0 bridgehead atoms. The van der Waals surface area contributed by atoms with Crippen LogP contribution in [0.5, 0.6) is 0 Å². The monoisotopic (exact) mass is 449 g/mol. The summed E-state index contributed by atoms with van der Waals surface area (Å²) in [5.41, 5.74) is 11.7. The van der Waals surface area contributed by atoms with Crippen LogP contribution in [0.4, 0.5) is 0 Å². The Morgan fingerprint density at radius 2 is 1.62 bits per heavy atom. The van der Waals surface area contributed by atoms with Crippen molar-refractivity contribution in [3.8, 4) is 0 Å². The van der Waals surface area contributed by atoms with Gasteiger partial charge in [0.25, 0.3) is 0 Å². The summed E-state index contributed by atoms with van der Waals surface area (Å²) in [5, 5.41) is 16.3. The standard InChI is InChI=1S/C21H31N5O6/c1-3-12(2)18(23)20(30)26-14(10-16(22)27)19(29)24-11-17(28)25-15(21(31)32)9-13-7-5-4-6-8-13/h4-8,12,14-15,18H,3,9-11,23H2,1-2H3,(H2,22,27)(H,24,29)(H,25,28)(H,26,30)(H,31,32). The van der Waals surface area contributed by atoms with Crippen LogP contribution in [0.25, 0.3) is 0 Å². The number of carbonyl (C=O) groups excluding carboxylic acids is 4. The average Bonchev–Trinajstić information content (AvgIpc) is 2.75. The van der Waals surface area contributed by atoms with E-state index in [2.05, 4.69) is 16.0 Å². The second-order valence-corrected chi connectivity index (χ2v) is 7.51. The highest BCUT2D eigenvalue weighted by atomic mass is 16.4. The van der Waals surface area contributed by atoms with E-state index in [0.717, 1.165) is 0 Å². The molecular weight excluding hydrogens is 418 g/mol. The minimum absolute atomic E-state index is 0.0592. The van der Waals surface area contributed by atoms with E-state index in [1.165, 1.54) is 0 Å². The van der Waals surface area contributed by atoms with E-state index in [-0.39, 0.29) is 12.3 Å². The first-order valence-electron chi connectivity index (χ1n) is 10.2. The normalized spacial score (nSPS) is 14.3. The topological polar surface area (TPSA) is 194 Å². The number of benzene rings is 1. The summed E-state index contributed by atoms with van der Waals surface area (Å²) in [4.78, 5) is 59.6. The molecule has 0 spiro atoms. The molecule has 1 aromatic rings. The van der Waals surface area contributed by atoms with Gasteiger partial charge in [-0.3, -0.25) is 19.2 Å². The maximum absolute atomic E-state index is 12.4. The van der Waals surface area contributed by atoms with Crippen molar-refractivity contribution in [2.45, 2.75) is 51.2 Å². The third-order valence-electron chi connectivity index (χ3n) is 4.94. The Bertz CT molecular complexity index is 816. The Hall–Kier alpha value is -3.47. The summed E-state index contributed by atoms with van der Waals surface area (Å²) in [7, 11) is 0. The Kier molecular flexibility index (Phi) is 10.8. The van der Waals surface area contributed by atoms with Gasteiger partial charge in [0.2, 0.25) is 23.6 Å². The number of carboxylic acids is 1. The highest BCUT2D eigenvalue weighted by molar-refractivity contribution is 5.95. The van der Waals surface area contributed by atoms with Gasteiger partial charge < -0.3 is 32.5 Å². The number of rotatable bonds is 13. The number of carboxylic acid groups (broad SMARTS) is 1. The number of aliphatic carboxylic acids is 1. The highest BCUT2D eigenvalue weighted by Crippen LogP contribution is 2.06. The van der Waals surface area contributed by atoms with Crippen molar-refractivity contribution in [2.75, 3.05) is 6.54 Å². The number of amides is 4. The lowest BCUT2D eigenvalue weighted by Gasteiger charge is -2.22. The number of nitrogens with one attached hydrogen (secondary N) is 3. The Labute approximate surface area is 186 Å². The lowest BCUT2D eigenvalue weighted by atomic mass is 9.99. The van der Waals surface area contributed by atoms with Crippen LogP contribution in [0, 0.1) is 5.92 Å². The van der Waals surface area contributed by atoms with E-state index >= 15 is 0 Å². The number of carbonyl (C=O) groups is 5. The second-order valence-electron chi connectivity index (χ2n) is 7.51. The molecule has 1 aromatic carbocycles. The molecule has 0 heterocycles. The van der Waals surface area contributed by atoms with Crippen LogP contribution in [0.1, 0.15) is 32.3 Å². The fourth-order valence-corrected chi connectivity index (χ4v) is 2.78. The summed E-state index contributed by atoms with van der Waals surface area (Å²) in [6, 6.07) is 5.33. The van der Waals surface area contributed by atoms with Crippen LogP contribution in [-0.4, -0.2) is 59.4 Å². The van der Waals surface area contributed by atoms with Crippen molar-refractivity contribution in [1.82, 2.24) is 16.0 Å². The Morgan fingerprint density at radius 3 is 2.16 bits per heavy atom. The van der Waals surface area contributed by atoms with Crippen LogP contribution < -0.4 is 27.4 Å². The minimum Gasteiger partial charge on any atom is -0.480 e. The zero-order valence-electron chi connectivity index (χ0n) is 18.2. The van der Waals surface area contributed by atoms with Gasteiger partial charge in [0.1, 0.15) is 12.1 Å². The zero-order chi connectivity index (χ0) is 24.3. The van der Waals surface area contributed by atoms with Crippen LogP contribution >= 0.6 is 0 Å². The molecule has 4 unspecified atom stereocenters. The summed E-state index contributed by atoms with van der Waals surface area (Å²) in [6.07, 6.45) is 0.205. The lowest BCUT2D eigenvalue weighted by Crippen LogP contribution is -2.55.